The number of fused-ring (bicyclic) bond motifs is 3. The first-order chi connectivity index (χ1) is 17.5. The molecule has 36 heavy (non-hydrogen) atoms. The van der Waals surface area contributed by atoms with E-state index < -0.39 is 6.03 Å². The van der Waals surface area contributed by atoms with E-state index in [0.29, 0.717) is 53.5 Å². The number of anilines is 2. The highest BCUT2D eigenvalue weighted by molar-refractivity contribution is 6.00. The molecular formula is C23H23N9O4. The van der Waals surface area contributed by atoms with Crippen molar-refractivity contribution in [2.45, 2.75) is 12.8 Å². The van der Waals surface area contributed by atoms with Crippen molar-refractivity contribution in [1.29, 1.82) is 0 Å². The van der Waals surface area contributed by atoms with Crippen LogP contribution in [-0.2, 0) is 23.0 Å². The van der Waals surface area contributed by atoms with Crippen LogP contribution in [-0.4, -0.2) is 54.5 Å². The molecule has 0 spiro atoms. The van der Waals surface area contributed by atoms with Crippen LogP contribution in [0.1, 0.15) is 12.0 Å². The van der Waals surface area contributed by atoms with Crippen LogP contribution in [0.3, 0.4) is 0 Å². The van der Waals surface area contributed by atoms with Crippen LogP contribution in [0.2, 0.25) is 0 Å². The number of aromatic nitrogens is 6. The molecule has 2 amide bonds. The second-order valence-corrected chi connectivity index (χ2v) is 7.94. The summed E-state index contributed by atoms with van der Waals surface area (Å²) >= 11 is 0. The maximum absolute atomic E-state index is 12.8. The van der Waals surface area contributed by atoms with E-state index in [1.165, 1.54) is 10.8 Å². The van der Waals surface area contributed by atoms with Gasteiger partial charge >= 0.3 is 12.0 Å². The van der Waals surface area contributed by atoms with Crippen molar-refractivity contribution in [2.24, 2.45) is 12.8 Å². The summed E-state index contributed by atoms with van der Waals surface area (Å²) in [6, 6.07) is 9.80. The fourth-order valence-electron chi connectivity index (χ4n) is 3.55. The van der Waals surface area contributed by atoms with Gasteiger partial charge in [0.2, 0.25) is 11.8 Å². The Labute approximate surface area is 204 Å². The summed E-state index contributed by atoms with van der Waals surface area (Å²) in [6.45, 7) is 0.768. The highest BCUT2D eigenvalue weighted by Crippen LogP contribution is 2.24. The van der Waals surface area contributed by atoms with Gasteiger partial charge in [-0.1, -0.05) is 12.1 Å². The fourth-order valence-corrected chi connectivity index (χ4v) is 3.55. The standard InChI is InChI=1S/C23H23N9O4/c1-31-13-16-19(29-31)27-22(32-21(16)26-20(30-32)17-4-2-10-35-17)28-23(34)25-15-7-5-14(6-8-15)12-18(33)36-11-3-9-24/h2,4-8,10,13H,3,9,11-12,24H2,1H3,(H2,25,27,28,29,34). The first-order valence-electron chi connectivity index (χ1n) is 11.2. The average Bonchev–Trinajstić information content (AvgIpc) is 3.59. The first-order valence-corrected chi connectivity index (χ1v) is 11.2. The molecule has 0 aliphatic heterocycles. The molecular weight excluding hydrogens is 466 g/mol. The third-order valence-electron chi connectivity index (χ3n) is 5.21. The minimum Gasteiger partial charge on any atom is -0.465 e. The number of hydrogen-bond donors (Lipinski definition) is 3. The Bertz CT molecular complexity index is 1520. The van der Waals surface area contributed by atoms with Gasteiger partial charge in [0.25, 0.3) is 0 Å². The normalized spacial score (nSPS) is 11.2. The van der Waals surface area contributed by atoms with Crippen molar-refractivity contribution >= 4 is 40.3 Å². The molecule has 184 valence electrons. The number of nitrogens with two attached hydrogens (primary N) is 1. The topological polar surface area (TPSA) is 167 Å². The van der Waals surface area contributed by atoms with Crippen LogP contribution in [0.5, 0.6) is 0 Å². The predicted molar refractivity (Wildman–Crippen MR) is 130 cm³/mol. The van der Waals surface area contributed by atoms with Crippen LogP contribution < -0.4 is 16.4 Å². The lowest BCUT2D eigenvalue weighted by molar-refractivity contribution is -0.142. The minimum atomic E-state index is -0.539. The maximum Gasteiger partial charge on any atom is 0.326 e. The summed E-state index contributed by atoms with van der Waals surface area (Å²) in [5, 5.41) is 14.9. The molecule has 13 nitrogen and oxygen atoms in total. The van der Waals surface area contributed by atoms with E-state index in [4.69, 9.17) is 14.9 Å². The Hall–Kier alpha value is -4.78. The molecule has 13 heteroatoms. The molecule has 0 saturated heterocycles. The van der Waals surface area contributed by atoms with E-state index in [9.17, 15) is 9.59 Å². The van der Waals surface area contributed by atoms with Gasteiger partial charge in [-0.15, -0.1) is 5.10 Å². The van der Waals surface area contributed by atoms with E-state index in [0.717, 1.165) is 5.56 Å². The number of carbonyl (C=O) groups excluding carboxylic acids is 2. The Balaban J connectivity index is 1.32. The molecule has 0 atom stereocenters. The largest absolute Gasteiger partial charge is 0.465 e. The highest BCUT2D eigenvalue weighted by atomic mass is 16.5. The molecule has 0 unspecified atom stereocenters. The number of nitrogens with zero attached hydrogens (tertiary/aromatic N) is 6. The number of carbonyl (C=O) groups is 2. The van der Waals surface area contributed by atoms with Crippen molar-refractivity contribution in [3.8, 4) is 11.6 Å². The van der Waals surface area contributed by atoms with Gasteiger partial charge in [0.05, 0.1) is 24.7 Å². The van der Waals surface area contributed by atoms with Gasteiger partial charge in [-0.2, -0.15) is 14.6 Å². The lowest BCUT2D eigenvalue weighted by Crippen LogP contribution is -2.22. The molecule has 5 rings (SSSR count). The smallest absolute Gasteiger partial charge is 0.326 e. The molecule has 0 fully saturated rings. The SMILES string of the molecule is Cn1cc2c(nc(NC(=O)Nc3ccc(CC(=O)OCCCN)cc3)n3nc(-c4ccco4)nc23)n1. The summed E-state index contributed by atoms with van der Waals surface area (Å²) in [5.41, 5.74) is 7.56. The second kappa shape index (κ2) is 9.84. The number of aryl methyl sites for hydroxylation is 1. The Kier molecular flexibility index (Phi) is 6.28. The number of hydrogen-bond acceptors (Lipinski definition) is 9. The van der Waals surface area contributed by atoms with Crippen LogP contribution >= 0.6 is 0 Å². The van der Waals surface area contributed by atoms with Crippen LogP contribution in [0.15, 0.2) is 53.3 Å². The molecule has 0 saturated carbocycles. The predicted octanol–water partition coefficient (Wildman–Crippen LogP) is 2.35. The van der Waals surface area contributed by atoms with Crippen LogP contribution in [0.4, 0.5) is 16.4 Å². The maximum atomic E-state index is 12.8. The molecule has 0 aliphatic rings. The number of ether oxygens (including phenoxy) is 1. The molecule has 0 aliphatic carbocycles. The molecule has 5 aromatic rings. The van der Waals surface area contributed by atoms with Gasteiger partial charge < -0.3 is 20.2 Å². The number of furan rings is 1. The van der Waals surface area contributed by atoms with Gasteiger partial charge in [-0.25, -0.2) is 9.78 Å². The first kappa shape index (κ1) is 23.0. The molecule has 4 aromatic heterocycles. The zero-order valence-corrected chi connectivity index (χ0v) is 19.3. The molecule has 1 aromatic carbocycles. The van der Waals surface area contributed by atoms with Crippen molar-refractivity contribution in [3.05, 3.63) is 54.4 Å². The molecule has 4 heterocycles. The molecule has 4 N–H and O–H groups in total. The number of benzene rings is 1. The summed E-state index contributed by atoms with van der Waals surface area (Å²) in [5.74, 6) is 0.632. The number of amides is 2. The van der Waals surface area contributed by atoms with E-state index in [1.807, 2.05) is 0 Å². The summed E-state index contributed by atoms with van der Waals surface area (Å²) in [7, 11) is 1.77. The lowest BCUT2D eigenvalue weighted by atomic mass is 10.1. The van der Waals surface area contributed by atoms with E-state index in [-0.39, 0.29) is 18.3 Å². The third-order valence-corrected chi connectivity index (χ3v) is 5.21. The monoisotopic (exact) mass is 489 g/mol. The number of nitrogens with one attached hydrogen (secondary N) is 2. The van der Waals surface area contributed by atoms with E-state index in [1.54, 1.807) is 54.3 Å². The Morgan fingerprint density at radius 3 is 2.69 bits per heavy atom. The van der Waals surface area contributed by atoms with Gasteiger partial charge in [0.1, 0.15) is 0 Å². The van der Waals surface area contributed by atoms with Crippen molar-refractivity contribution < 1.29 is 18.7 Å². The summed E-state index contributed by atoms with van der Waals surface area (Å²) in [6.07, 6.45) is 4.06. The zero-order chi connectivity index (χ0) is 25.1. The number of urea groups is 1. The van der Waals surface area contributed by atoms with E-state index >= 15 is 0 Å². The molecule has 0 radical (unpaired) electrons. The van der Waals surface area contributed by atoms with Crippen molar-refractivity contribution in [1.82, 2.24) is 29.4 Å². The highest BCUT2D eigenvalue weighted by Gasteiger charge is 2.19. The fraction of sp³-hybridized carbons (Fsp3) is 0.217. The van der Waals surface area contributed by atoms with Crippen molar-refractivity contribution in [3.63, 3.8) is 0 Å². The second-order valence-electron chi connectivity index (χ2n) is 7.94. The van der Waals surface area contributed by atoms with Gasteiger partial charge in [0.15, 0.2) is 17.1 Å². The Morgan fingerprint density at radius 2 is 1.94 bits per heavy atom. The summed E-state index contributed by atoms with van der Waals surface area (Å²) < 4.78 is 13.6. The molecule has 0 bridgehead atoms. The lowest BCUT2D eigenvalue weighted by Gasteiger charge is -2.09. The summed E-state index contributed by atoms with van der Waals surface area (Å²) in [4.78, 5) is 33.6. The van der Waals surface area contributed by atoms with E-state index in [2.05, 4.69) is 30.8 Å². The average molecular weight is 489 g/mol. The van der Waals surface area contributed by atoms with Gasteiger partial charge in [0, 0.05) is 18.9 Å². The van der Waals surface area contributed by atoms with Gasteiger partial charge in [-0.05, 0) is 42.8 Å². The van der Waals surface area contributed by atoms with Crippen LogP contribution in [0.25, 0.3) is 28.3 Å². The number of rotatable bonds is 8. The number of esters is 1. The minimum absolute atomic E-state index is 0.132. The van der Waals surface area contributed by atoms with Crippen LogP contribution in [0, 0.1) is 0 Å². The van der Waals surface area contributed by atoms with Crippen molar-refractivity contribution in [2.75, 3.05) is 23.8 Å². The Morgan fingerprint density at radius 1 is 1.11 bits per heavy atom. The third kappa shape index (κ3) is 4.86. The quantitative estimate of drug-likeness (QED) is 0.219. The van der Waals surface area contributed by atoms with Gasteiger partial charge in [-0.3, -0.25) is 14.8 Å². The zero-order valence-electron chi connectivity index (χ0n) is 19.3.